The van der Waals surface area contributed by atoms with Crippen LogP contribution < -0.4 is 5.56 Å². The van der Waals surface area contributed by atoms with Crippen LogP contribution in [-0.2, 0) is 20.8 Å². The molecule has 0 aliphatic carbocycles. The summed E-state index contributed by atoms with van der Waals surface area (Å²) in [6.07, 6.45) is 0. The summed E-state index contributed by atoms with van der Waals surface area (Å²) < 4.78 is 28.2. The van der Waals surface area contributed by atoms with Gasteiger partial charge in [0, 0.05) is 23.1 Å². The molecule has 0 saturated carbocycles. The molecule has 0 atom stereocenters. The summed E-state index contributed by atoms with van der Waals surface area (Å²) in [5.74, 6) is -1.67. The van der Waals surface area contributed by atoms with E-state index in [-0.39, 0.29) is 15.8 Å². The average molecular weight is 332 g/mol. The van der Waals surface area contributed by atoms with E-state index in [9.17, 15) is 23.1 Å². The zero-order valence-electron chi connectivity index (χ0n) is 11.0. The lowest BCUT2D eigenvalue weighted by Crippen LogP contribution is -2.25. The fourth-order valence-corrected chi connectivity index (χ4v) is 2.73. The smallest absolute Gasteiger partial charge is 0.347 e. The number of methoxy groups -OCH3 is 1. The van der Waals surface area contributed by atoms with E-state index in [0.717, 1.165) is 17.7 Å². The third-order valence-corrected chi connectivity index (χ3v) is 4.36. The van der Waals surface area contributed by atoms with Crippen molar-refractivity contribution in [2.75, 3.05) is 7.11 Å². The quantitative estimate of drug-likeness (QED) is 0.649. The van der Waals surface area contributed by atoms with Crippen LogP contribution in [0.1, 0.15) is 10.4 Å². The molecule has 112 valence electrons. The summed E-state index contributed by atoms with van der Waals surface area (Å²) >= 11 is 0. The molecule has 2 rings (SSSR count). The highest BCUT2D eigenvalue weighted by atomic mass is 35.7. The van der Waals surface area contributed by atoms with Crippen LogP contribution in [0.15, 0.2) is 27.9 Å². The van der Waals surface area contributed by atoms with Gasteiger partial charge in [-0.15, -0.1) is 0 Å². The molecule has 0 radical (unpaired) electrons. The predicted molar refractivity (Wildman–Crippen MR) is 75.2 cm³/mol. The van der Waals surface area contributed by atoms with E-state index in [1.165, 1.54) is 19.2 Å². The summed E-state index contributed by atoms with van der Waals surface area (Å²) in [7, 11) is 3.67. The minimum Gasteiger partial charge on any atom is -0.506 e. The number of pyridine rings is 1. The molecule has 9 heteroatoms. The van der Waals surface area contributed by atoms with Crippen LogP contribution in [0.4, 0.5) is 0 Å². The first-order valence-corrected chi connectivity index (χ1v) is 7.88. The van der Waals surface area contributed by atoms with Crippen molar-refractivity contribution in [2.24, 2.45) is 7.05 Å². The number of halogens is 1. The molecule has 1 heterocycles. The van der Waals surface area contributed by atoms with E-state index < -0.39 is 31.9 Å². The minimum absolute atomic E-state index is 0.000718. The molecule has 21 heavy (non-hydrogen) atoms. The first-order valence-electron chi connectivity index (χ1n) is 5.57. The van der Waals surface area contributed by atoms with Crippen molar-refractivity contribution in [3.8, 4) is 5.75 Å². The second-order valence-corrected chi connectivity index (χ2v) is 6.76. The number of hydrogen-bond acceptors (Lipinski definition) is 6. The fraction of sp³-hybridized carbons (Fsp3) is 0.167. The number of esters is 1. The van der Waals surface area contributed by atoms with Gasteiger partial charge in [-0.25, -0.2) is 13.2 Å². The number of aromatic hydroxyl groups is 1. The number of hydrogen-bond donors (Lipinski definition) is 1. The molecule has 1 N–H and O–H groups in total. The van der Waals surface area contributed by atoms with Gasteiger partial charge in [0.1, 0.15) is 5.75 Å². The number of benzene rings is 1. The molecule has 0 aliphatic rings. The van der Waals surface area contributed by atoms with Crippen molar-refractivity contribution in [1.82, 2.24) is 4.57 Å². The van der Waals surface area contributed by atoms with Gasteiger partial charge in [0.05, 0.1) is 17.5 Å². The maximum absolute atomic E-state index is 12.0. The van der Waals surface area contributed by atoms with Crippen LogP contribution in [-0.4, -0.2) is 31.2 Å². The lowest BCUT2D eigenvalue weighted by molar-refractivity contribution is 0.0595. The van der Waals surface area contributed by atoms with Crippen LogP contribution in [0.5, 0.6) is 5.75 Å². The van der Waals surface area contributed by atoms with Crippen LogP contribution >= 0.6 is 10.7 Å². The standard InChI is InChI=1S/C12H10ClNO6S/c1-14-8-4-3-6(21(13,18)19)5-7(8)10(15)9(11(14)16)12(17)20-2/h3-5,15H,1-2H3. The van der Waals surface area contributed by atoms with Crippen molar-refractivity contribution in [1.29, 1.82) is 0 Å². The second kappa shape index (κ2) is 5.05. The molecular weight excluding hydrogens is 322 g/mol. The van der Waals surface area contributed by atoms with Gasteiger partial charge in [-0.05, 0) is 18.2 Å². The summed E-state index contributed by atoms with van der Waals surface area (Å²) in [6.45, 7) is 0. The molecule has 0 amide bonds. The molecular formula is C12H10ClNO6S. The summed E-state index contributed by atoms with van der Waals surface area (Å²) in [5.41, 5.74) is -1.08. The predicted octanol–water partition coefficient (Wildman–Crippen LogP) is 0.958. The van der Waals surface area contributed by atoms with E-state index in [0.29, 0.717) is 0 Å². The van der Waals surface area contributed by atoms with Crippen molar-refractivity contribution >= 4 is 36.6 Å². The highest BCUT2D eigenvalue weighted by Crippen LogP contribution is 2.29. The second-order valence-electron chi connectivity index (χ2n) is 4.20. The van der Waals surface area contributed by atoms with Gasteiger partial charge in [0.15, 0.2) is 5.56 Å². The first-order chi connectivity index (χ1) is 9.68. The Bertz CT molecular complexity index is 915. The Hall–Kier alpha value is -2.06. The summed E-state index contributed by atoms with van der Waals surface area (Å²) in [5, 5.41) is 10.1. The third-order valence-electron chi connectivity index (χ3n) is 3.01. The maximum atomic E-state index is 12.0. The number of fused-ring (bicyclic) bond motifs is 1. The Morgan fingerprint density at radius 2 is 2.00 bits per heavy atom. The maximum Gasteiger partial charge on any atom is 0.347 e. The summed E-state index contributed by atoms with van der Waals surface area (Å²) in [6, 6.07) is 3.59. The lowest BCUT2D eigenvalue weighted by atomic mass is 10.1. The number of aryl methyl sites for hydroxylation is 1. The van der Waals surface area contributed by atoms with Crippen molar-refractivity contribution in [2.45, 2.75) is 4.90 Å². The number of aromatic nitrogens is 1. The van der Waals surface area contributed by atoms with Crippen molar-refractivity contribution in [3.05, 3.63) is 34.1 Å². The minimum atomic E-state index is -4.02. The number of carbonyl (C=O) groups is 1. The first kappa shape index (κ1) is 15.3. The normalized spacial score (nSPS) is 11.6. The van der Waals surface area contributed by atoms with E-state index >= 15 is 0 Å². The molecule has 0 aliphatic heterocycles. The largest absolute Gasteiger partial charge is 0.506 e. The van der Waals surface area contributed by atoms with Crippen LogP contribution in [0.25, 0.3) is 10.9 Å². The Balaban J connectivity index is 2.98. The molecule has 0 fully saturated rings. The molecule has 0 bridgehead atoms. The Labute approximate surface area is 123 Å². The van der Waals surface area contributed by atoms with Gasteiger partial charge in [-0.1, -0.05) is 0 Å². The van der Waals surface area contributed by atoms with Crippen molar-refractivity contribution < 1.29 is 23.1 Å². The Morgan fingerprint density at radius 3 is 2.52 bits per heavy atom. The van der Waals surface area contributed by atoms with Crippen LogP contribution in [0.2, 0.25) is 0 Å². The Kier molecular flexibility index (Phi) is 3.68. The number of nitrogens with zero attached hydrogens (tertiary/aromatic N) is 1. The molecule has 1 aromatic heterocycles. The zero-order valence-corrected chi connectivity index (χ0v) is 12.5. The lowest BCUT2D eigenvalue weighted by Gasteiger charge is -2.11. The molecule has 0 spiro atoms. The molecule has 0 unspecified atom stereocenters. The molecule has 2 aromatic rings. The third kappa shape index (κ3) is 2.47. The number of carbonyl (C=O) groups excluding carboxylic acids is 1. The van der Waals surface area contributed by atoms with E-state index in [1.54, 1.807) is 0 Å². The molecule has 1 aromatic carbocycles. The van der Waals surface area contributed by atoms with Gasteiger partial charge in [-0.2, -0.15) is 0 Å². The summed E-state index contributed by atoms with van der Waals surface area (Å²) in [4.78, 5) is 23.4. The Morgan fingerprint density at radius 1 is 1.38 bits per heavy atom. The van der Waals surface area contributed by atoms with Gasteiger partial charge >= 0.3 is 5.97 Å². The fourth-order valence-electron chi connectivity index (χ4n) is 1.95. The van der Waals surface area contributed by atoms with Gasteiger partial charge in [0.2, 0.25) is 0 Å². The SMILES string of the molecule is COC(=O)c1c(O)c2cc(S(=O)(=O)Cl)ccc2n(C)c1=O. The highest BCUT2D eigenvalue weighted by molar-refractivity contribution is 8.13. The zero-order chi connectivity index (χ0) is 15.9. The number of ether oxygens (including phenoxy) is 1. The monoisotopic (exact) mass is 331 g/mol. The van der Waals surface area contributed by atoms with Crippen LogP contribution in [0, 0.1) is 0 Å². The van der Waals surface area contributed by atoms with E-state index in [2.05, 4.69) is 4.74 Å². The number of rotatable bonds is 2. The molecule has 7 nitrogen and oxygen atoms in total. The topological polar surface area (TPSA) is 103 Å². The average Bonchev–Trinajstić information content (AvgIpc) is 2.43. The van der Waals surface area contributed by atoms with Crippen molar-refractivity contribution in [3.63, 3.8) is 0 Å². The van der Waals surface area contributed by atoms with Gasteiger partial charge in [-0.3, -0.25) is 4.79 Å². The van der Waals surface area contributed by atoms with Crippen LogP contribution in [0.3, 0.4) is 0 Å². The van der Waals surface area contributed by atoms with Gasteiger partial charge < -0.3 is 14.4 Å². The highest BCUT2D eigenvalue weighted by Gasteiger charge is 2.23. The van der Waals surface area contributed by atoms with Gasteiger partial charge in [0.25, 0.3) is 14.6 Å². The molecule has 0 saturated heterocycles. The van der Waals surface area contributed by atoms with E-state index in [4.69, 9.17) is 10.7 Å². The van der Waals surface area contributed by atoms with E-state index in [1.807, 2.05) is 0 Å².